The topological polar surface area (TPSA) is 63.6 Å². The lowest BCUT2D eigenvalue weighted by Crippen LogP contribution is -2.23. The van der Waals surface area contributed by atoms with Gasteiger partial charge in [0.1, 0.15) is 11.7 Å². The number of carboxylic acids is 1. The molecule has 0 aliphatic carbocycles. The van der Waals surface area contributed by atoms with Crippen LogP contribution >= 0.6 is 0 Å². The van der Waals surface area contributed by atoms with Crippen LogP contribution in [0.1, 0.15) is 23.7 Å². The van der Waals surface area contributed by atoms with Crippen molar-refractivity contribution < 1.29 is 19.4 Å². The number of carboxylic acid groups (broad SMARTS) is 1. The van der Waals surface area contributed by atoms with Crippen LogP contribution in [0.4, 0.5) is 0 Å². The molecule has 4 nitrogen and oxygen atoms in total. The van der Waals surface area contributed by atoms with Gasteiger partial charge in [0.25, 0.3) is 0 Å². The van der Waals surface area contributed by atoms with Crippen LogP contribution in [-0.4, -0.2) is 24.0 Å². The number of rotatable bonds is 5. The standard InChI is InChI=1S/C12H14O4/c1-3-10(12(14)15)11(13)8-5-4-6-9(7-8)16-2/h4-7,10H,3H2,1-2H3,(H,14,15). The molecule has 0 aliphatic rings. The summed E-state index contributed by atoms with van der Waals surface area (Å²) in [7, 11) is 1.50. The smallest absolute Gasteiger partial charge is 0.314 e. The highest BCUT2D eigenvalue weighted by molar-refractivity contribution is 6.08. The molecule has 0 amide bonds. The molecule has 1 rings (SSSR count). The number of carbonyl (C=O) groups excluding carboxylic acids is 1. The van der Waals surface area contributed by atoms with Crippen LogP contribution in [0.15, 0.2) is 24.3 Å². The van der Waals surface area contributed by atoms with Crippen LogP contribution < -0.4 is 4.74 Å². The summed E-state index contributed by atoms with van der Waals surface area (Å²) in [5.41, 5.74) is 0.369. The van der Waals surface area contributed by atoms with Crippen molar-refractivity contribution in [1.29, 1.82) is 0 Å². The molecule has 0 radical (unpaired) electrons. The highest BCUT2D eigenvalue weighted by Gasteiger charge is 2.25. The molecule has 0 saturated heterocycles. The van der Waals surface area contributed by atoms with Crippen molar-refractivity contribution in [1.82, 2.24) is 0 Å². The van der Waals surface area contributed by atoms with Crippen LogP contribution in [0, 0.1) is 5.92 Å². The first-order chi connectivity index (χ1) is 7.60. The molecule has 1 aromatic carbocycles. The third kappa shape index (κ3) is 2.59. The zero-order valence-electron chi connectivity index (χ0n) is 9.27. The van der Waals surface area contributed by atoms with Crippen molar-refractivity contribution >= 4 is 11.8 Å². The zero-order valence-corrected chi connectivity index (χ0v) is 9.27. The molecule has 1 aromatic rings. The highest BCUT2D eigenvalue weighted by Crippen LogP contribution is 2.17. The van der Waals surface area contributed by atoms with Crippen molar-refractivity contribution in [3.05, 3.63) is 29.8 Å². The van der Waals surface area contributed by atoms with Crippen LogP contribution in [0.25, 0.3) is 0 Å². The molecule has 0 aliphatic heterocycles. The molecule has 86 valence electrons. The number of hydrogen-bond donors (Lipinski definition) is 1. The fourth-order valence-corrected chi connectivity index (χ4v) is 1.45. The van der Waals surface area contributed by atoms with E-state index in [1.165, 1.54) is 7.11 Å². The first-order valence-electron chi connectivity index (χ1n) is 5.01. The van der Waals surface area contributed by atoms with Crippen LogP contribution in [0.5, 0.6) is 5.75 Å². The van der Waals surface area contributed by atoms with Gasteiger partial charge in [-0.3, -0.25) is 9.59 Å². The highest BCUT2D eigenvalue weighted by atomic mass is 16.5. The summed E-state index contributed by atoms with van der Waals surface area (Å²) in [5.74, 6) is -1.90. The van der Waals surface area contributed by atoms with Crippen LogP contribution in [0.3, 0.4) is 0 Å². The number of aliphatic carboxylic acids is 1. The first kappa shape index (κ1) is 12.2. The van der Waals surface area contributed by atoms with Crippen molar-refractivity contribution in [2.75, 3.05) is 7.11 Å². The Morgan fingerprint density at radius 3 is 2.62 bits per heavy atom. The Balaban J connectivity index is 2.98. The average Bonchev–Trinajstić information content (AvgIpc) is 2.29. The van der Waals surface area contributed by atoms with E-state index >= 15 is 0 Å². The van der Waals surface area contributed by atoms with E-state index in [0.717, 1.165) is 0 Å². The lowest BCUT2D eigenvalue weighted by Gasteiger charge is -2.09. The second kappa shape index (κ2) is 5.30. The first-order valence-corrected chi connectivity index (χ1v) is 5.01. The minimum Gasteiger partial charge on any atom is -0.497 e. The molecule has 0 spiro atoms. The van der Waals surface area contributed by atoms with Gasteiger partial charge in [0.05, 0.1) is 7.11 Å². The molecule has 0 heterocycles. The monoisotopic (exact) mass is 222 g/mol. The van der Waals surface area contributed by atoms with E-state index in [1.807, 2.05) is 0 Å². The summed E-state index contributed by atoms with van der Waals surface area (Å²) < 4.78 is 4.98. The van der Waals surface area contributed by atoms with Gasteiger partial charge in [-0.05, 0) is 18.6 Å². The van der Waals surface area contributed by atoms with Gasteiger partial charge in [-0.15, -0.1) is 0 Å². The summed E-state index contributed by atoms with van der Waals surface area (Å²) in [6.07, 6.45) is 0.283. The van der Waals surface area contributed by atoms with E-state index in [0.29, 0.717) is 11.3 Å². The molecular formula is C12H14O4. The Morgan fingerprint density at radius 2 is 2.12 bits per heavy atom. The average molecular weight is 222 g/mol. The molecule has 16 heavy (non-hydrogen) atoms. The third-order valence-corrected chi connectivity index (χ3v) is 2.38. The Morgan fingerprint density at radius 1 is 1.44 bits per heavy atom. The van der Waals surface area contributed by atoms with Gasteiger partial charge in [0.2, 0.25) is 0 Å². The predicted molar refractivity (Wildman–Crippen MR) is 58.7 cm³/mol. The lowest BCUT2D eigenvalue weighted by molar-refractivity contribution is -0.140. The maximum absolute atomic E-state index is 11.8. The van der Waals surface area contributed by atoms with Crippen LogP contribution in [-0.2, 0) is 4.79 Å². The number of benzene rings is 1. The molecule has 0 bridgehead atoms. The van der Waals surface area contributed by atoms with E-state index in [4.69, 9.17) is 9.84 Å². The van der Waals surface area contributed by atoms with Gasteiger partial charge in [-0.25, -0.2) is 0 Å². The van der Waals surface area contributed by atoms with Crippen molar-refractivity contribution in [2.24, 2.45) is 5.92 Å². The summed E-state index contributed by atoms with van der Waals surface area (Å²) >= 11 is 0. The summed E-state index contributed by atoms with van der Waals surface area (Å²) in [4.78, 5) is 22.7. The van der Waals surface area contributed by atoms with Gasteiger partial charge in [-0.1, -0.05) is 19.1 Å². The predicted octanol–water partition coefficient (Wildman–Crippen LogP) is 1.99. The van der Waals surface area contributed by atoms with Gasteiger partial charge in [0.15, 0.2) is 5.78 Å². The quantitative estimate of drug-likeness (QED) is 0.611. The van der Waals surface area contributed by atoms with Crippen molar-refractivity contribution in [3.63, 3.8) is 0 Å². The summed E-state index contributed by atoms with van der Waals surface area (Å²) in [6, 6.07) is 6.52. The molecular weight excluding hydrogens is 208 g/mol. The SMILES string of the molecule is CCC(C(=O)O)C(=O)c1cccc(OC)c1. The Bertz CT molecular complexity index is 398. The Hall–Kier alpha value is -1.84. The molecule has 0 fully saturated rings. The number of ether oxygens (including phenoxy) is 1. The van der Waals surface area contributed by atoms with Crippen molar-refractivity contribution in [2.45, 2.75) is 13.3 Å². The minimum absolute atomic E-state index is 0.283. The second-order valence-electron chi connectivity index (χ2n) is 3.40. The van der Waals surface area contributed by atoms with E-state index in [9.17, 15) is 9.59 Å². The normalized spacial score (nSPS) is 11.9. The van der Waals surface area contributed by atoms with E-state index in [2.05, 4.69) is 0 Å². The van der Waals surface area contributed by atoms with E-state index < -0.39 is 11.9 Å². The van der Waals surface area contributed by atoms with Crippen molar-refractivity contribution in [3.8, 4) is 5.75 Å². The summed E-state index contributed by atoms with van der Waals surface area (Å²) in [5, 5.41) is 8.88. The Kier molecular flexibility index (Phi) is 4.05. The number of Topliss-reactive ketones (excluding diaryl/α,β-unsaturated/α-hetero) is 1. The van der Waals surface area contributed by atoms with Gasteiger partial charge < -0.3 is 9.84 Å². The molecule has 1 atom stereocenters. The molecule has 4 heteroatoms. The Labute approximate surface area is 93.9 Å². The van der Waals surface area contributed by atoms with Gasteiger partial charge in [-0.2, -0.15) is 0 Å². The maximum Gasteiger partial charge on any atom is 0.314 e. The van der Waals surface area contributed by atoms with Gasteiger partial charge in [0, 0.05) is 5.56 Å². The second-order valence-corrected chi connectivity index (χ2v) is 3.40. The maximum atomic E-state index is 11.8. The molecule has 0 aromatic heterocycles. The van der Waals surface area contributed by atoms with Crippen LogP contribution in [0.2, 0.25) is 0 Å². The minimum atomic E-state index is -1.09. The number of methoxy groups -OCH3 is 1. The molecule has 1 unspecified atom stereocenters. The summed E-state index contributed by atoms with van der Waals surface area (Å²) in [6.45, 7) is 1.68. The van der Waals surface area contributed by atoms with E-state index in [-0.39, 0.29) is 12.2 Å². The fraction of sp³-hybridized carbons (Fsp3) is 0.333. The number of ketones is 1. The zero-order chi connectivity index (χ0) is 12.1. The fourth-order valence-electron chi connectivity index (χ4n) is 1.45. The largest absolute Gasteiger partial charge is 0.497 e. The lowest BCUT2D eigenvalue weighted by atomic mass is 9.95. The molecule has 0 saturated carbocycles. The van der Waals surface area contributed by atoms with E-state index in [1.54, 1.807) is 31.2 Å². The third-order valence-electron chi connectivity index (χ3n) is 2.38. The molecule has 1 N–H and O–H groups in total. The number of hydrogen-bond acceptors (Lipinski definition) is 3. The van der Waals surface area contributed by atoms with Gasteiger partial charge >= 0.3 is 5.97 Å². The number of carbonyl (C=O) groups is 2.